The van der Waals surface area contributed by atoms with Gasteiger partial charge < -0.3 is 10.1 Å². The summed E-state index contributed by atoms with van der Waals surface area (Å²) in [5.41, 5.74) is -0.375. The van der Waals surface area contributed by atoms with Gasteiger partial charge in [-0.3, -0.25) is 0 Å². The summed E-state index contributed by atoms with van der Waals surface area (Å²) in [5.74, 6) is -1.12. The van der Waals surface area contributed by atoms with Gasteiger partial charge in [-0.05, 0) is 48.4 Å². The maximum Gasteiger partial charge on any atom is 0.437 e. The van der Waals surface area contributed by atoms with Crippen LogP contribution in [-0.4, -0.2) is 22.4 Å². The molecule has 0 saturated carbocycles. The van der Waals surface area contributed by atoms with E-state index in [-0.39, 0.29) is 12.2 Å². The van der Waals surface area contributed by atoms with Crippen LogP contribution in [0.1, 0.15) is 11.3 Å². The molecule has 1 amide bonds. The molecular weight excluding hydrogens is 414 g/mol. The molecule has 152 valence electrons. The molecule has 3 aromatic rings. The van der Waals surface area contributed by atoms with Crippen molar-refractivity contribution < 1.29 is 27.1 Å². The zero-order chi connectivity index (χ0) is 21.0. The van der Waals surface area contributed by atoms with Crippen molar-refractivity contribution >= 4 is 17.7 Å². The minimum atomic E-state index is -4.82. The molecule has 0 aliphatic rings. The van der Waals surface area contributed by atoms with E-state index in [1.165, 1.54) is 36.4 Å². The molecule has 10 heteroatoms. The second-order valence-corrected chi connectivity index (χ2v) is 6.37. The third-order valence-corrected chi connectivity index (χ3v) is 4.13. The zero-order valence-electron chi connectivity index (χ0n) is 14.7. The second-order valence-electron chi connectivity index (χ2n) is 5.94. The summed E-state index contributed by atoms with van der Waals surface area (Å²) in [6.07, 6.45) is -4.71. The van der Waals surface area contributed by atoms with Crippen LogP contribution in [0.25, 0.3) is 5.69 Å². The van der Waals surface area contributed by atoms with Crippen molar-refractivity contribution in [3.8, 4) is 11.4 Å². The number of halogens is 5. The molecule has 0 radical (unpaired) electrons. The van der Waals surface area contributed by atoms with E-state index in [4.69, 9.17) is 16.3 Å². The molecule has 0 aliphatic heterocycles. The fraction of sp³-hybridized carbons (Fsp3) is 0.158. The van der Waals surface area contributed by atoms with Crippen LogP contribution in [0.2, 0.25) is 5.02 Å². The van der Waals surface area contributed by atoms with E-state index in [9.17, 15) is 22.4 Å². The first-order valence-electron chi connectivity index (χ1n) is 8.35. The fourth-order valence-electron chi connectivity index (χ4n) is 2.54. The summed E-state index contributed by atoms with van der Waals surface area (Å²) in [5, 5.41) is 6.39. The van der Waals surface area contributed by atoms with E-state index < -0.39 is 29.5 Å². The highest BCUT2D eigenvalue weighted by Gasteiger charge is 2.40. The van der Waals surface area contributed by atoms with E-state index in [0.29, 0.717) is 16.1 Å². The molecule has 0 aliphatic carbocycles. The summed E-state index contributed by atoms with van der Waals surface area (Å²) < 4.78 is 58.9. The molecule has 0 fully saturated rings. The molecule has 2 aromatic carbocycles. The molecule has 1 heterocycles. The summed E-state index contributed by atoms with van der Waals surface area (Å²) >= 11 is 5.76. The molecule has 29 heavy (non-hydrogen) atoms. The van der Waals surface area contributed by atoms with Crippen molar-refractivity contribution in [3.63, 3.8) is 0 Å². The largest absolute Gasteiger partial charge is 0.437 e. The second kappa shape index (κ2) is 8.52. The number of rotatable bonds is 5. The van der Waals surface area contributed by atoms with Crippen molar-refractivity contribution in [2.45, 2.75) is 12.6 Å². The highest BCUT2D eigenvalue weighted by molar-refractivity contribution is 6.30. The predicted molar refractivity (Wildman–Crippen MR) is 97.7 cm³/mol. The first-order chi connectivity index (χ1) is 13.7. The van der Waals surface area contributed by atoms with Gasteiger partial charge in [0.05, 0.1) is 11.9 Å². The number of aromatic nitrogens is 2. The lowest BCUT2D eigenvalue weighted by Crippen LogP contribution is -2.29. The molecule has 0 spiro atoms. The Morgan fingerprint density at radius 2 is 1.76 bits per heavy atom. The number of carbonyl (C=O) groups is 1. The van der Waals surface area contributed by atoms with Crippen LogP contribution in [0, 0.1) is 5.82 Å². The molecule has 0 saturated heterocycles. The van der Waals surface area contributed by atoms with Crippen LogP contribution >= 0.6 is 11.6 Å². The van der Waals surface area contributed by atoms with Gasteiger partial charge in [0.2, 0.25) is 0 Å². The number of nitrogens with one attached hydrogen (secondary N) is 1. The van der Waals surface area contributed by atoms with Gasteiger partial charge in [-0.1, -0.05) is 23.7 Å². The Morgan fingerprint density at radius 3 is 2.38 bits per heavy atom. The Bertz CT molecular complexity index is 986. The summed E-state index contributed by atoms with van der Waals surface area (Å²) in [7, 11) is 0. The third kappa shape index (κ3) is 5.26. The van der Waals surface area contributed by atoms with Crippen LogP contribution in [0.3, 0.4) is 0 Å². The van der Waals surface area contributed by atoms with Gasteiger partial charge in [0, 0.05) is 11.6 Å². The lowest BCUT2D eigenvalue weighted by Gasteiger charge is -2.13. The summed E-state index contributed by atoms with van der Waals surface area (Å²) in [6.45, 7) is 0.0944. The third-order valence-electron chi connectivity index (χ3n) is 3.87. The Kier molecular flexibility index (Phi) is 6.07. The van der Waals surface area contributed by atoms with E-state index in [1.54, 1.807) is 12.1 Å². The number of hydrogen-bond donors (Lipinski definition) is 1. The first-order valence-corrected chi connectivity index (χ1v) is 8.73. The van der Waals surface area contributed by atoms with Crippen LogP contribution in [0.5, 0.6) is 5.75 Å². The molecule has 5 nitrogen and oxygen atoms in total. The number of hydrogen-bond acceptors (Lipinski definition) is 3. The lowest BCUT2D eigenvalue weighted by atomic mass is 10.1. The molecule has 1 N–H and O–H groups in total. The first kappa shape index (κ1) is 20.7. The minimum absolute atomic E-state index is 0.0944. The quantitative estimate of drug-likeness (QED) is 0.582. The Hall–Kier alpha value is -3.07. The Labute approximate surface area is 167 Å². The van der Waals surface area contributed by atoms with Gasteiger partial charge >= 0.3 is 12.3 Å². The van der Waals surface area contributed by atoms with E-state index in [1.807, 2.05) is 0 Å². The fourth-order valence-corrected chi connectivity index (χ4v) is 2.67. The van der Waals surface area contributed by atoms with Gasteiger partial charge in [-0.2, -0.15) is 18.3 Å². The number of amides is 1. The standard InChI is InChI=1S/C19H14ClF4N3O2/c20-13-3-7-15(8-4-13)27-17(19(22,23)24)16(11-26-27)29-18(28)25-10-9-12-1-5-14(21)6-2-12/h1-8,11H,9-10H2,(H,25,28). The van der Waals surface area contributed by atoms with Crippen molar-refractivity contribution in [1.82, 2.24) is 15.1 Å². The normalized spacial score (nSPS) is 11.3. The van der Waals surface area contributed by atoms with Crippen LogP contribution in [0.15, 0.2) is 54.7 Å². The Morgan fingerprint density at radius 1 is 1.10 bits per heavy atom. The average Bonchev–Trinajstić information content (AvgIpc) is 3.08. The van der Waals surface area contributed by atoms with Crippen molar-refractivity contribution in [2.75, 3.05) is 6.54 Å². The van der Waals surface area contributed by atoms with Crippen molar-refractivity contribution in [1.29, 1.82) is 0 Å². The van der Waals surface area contributed by atoms with Gasteiger partial charge in [-0.25, -0.2) is 13.9 Å². The minimum Gasteiger partial charge on any atom is -0.406 e. The van der Waals surface area contributed by atoms with Gasteiger partial charge in [-0.15, -0.1) is 0 Å². The molecule has 1 aromatic heterocycles. The molecule has 0 bridgehead atoms. The average molecular weight is 428 g/mol. The van der Waals surface area contributed by atoms with E-state index in [2.05, 4.69) is 10.4 Å². The number of benzene rings is 2. The summed E-state index contributed by atoms with van der Waals surface area (Å²) in [4.78, 5) is 11.9. The monoisotopic (exact) mass is 427 g/mol. The molecule has 3 rings (SSSR count). The smallest absolute Gasteiger partial charge is 0.406 e. The SMILES string of the molecule is O=C(NCCc1ccc(F)cc1)Oc1cnn(-c2ccc(Cl)cc2)c1C(F)(F)F. The van der Waals surface area contributed by atoms with Crippen LogP contribution in [0.4, 0.5) is 22.4 Å². The number of nitrogens with zero attached hydrogens (tertiary/aromatic N) is 2. The van der Waals surface area contributed by atoms with E-state index in [0.717, 1.165) is 11.8 Å². The molecule has 0 unspecified atom stereocenters. The maximum absolute atomic E-state index is 13.5. The maximum atomic E-state index is 13.5. The molecular formula is C19H14ClF4N3O2. The number of ether oxygens (including phenoxy) is 1. The van der Waals surface area contributed by atoms with Crippen LogP contribution in [-0.2, 0) is 12.6 Å². The van der Waals surface area contributed by atoms with Gasteiger partial charge in [0.25, 0.3) is 0 Å². The van der Waals surface area contributed by atoms with Crippen LogP contribution < -0.4 is 10.1 Å². The summed E-state index contributed by atoms with van der Waals surface area (Å²) in [6, 6.07) is 11.2. The van der Waals surface area contributed by atoms with Crippen molar-refractivity contribution in [2.24, 2.45) is 0 Å². The van der Waals surface area contributed by atoms with Crippen molar-refractivity contribution in [3.05, 3.63) is 76.8 Å². The van der Waals surface area contributed by atoms with Gasteiger partial charge in [0.1, 0.15) is 5.82 Å². The molecule has 0 atom stereocenters. The topological polar surface area (TPSA) is 56.1 Å². The number of carbonyl (C=O) groups excluding carboxylic acids is 1. The predicted octanol–water partition coefficient (Wildman–Crippen LogP) is 5.01. The number of alkyl halides is 3. The zero-order valence-corrected chi connectivity index (χ0v) is 15.5. The van der Waals surface area contributed by atoms with E-state index >= 15 is 0 Å². The Balaban J connectivity index is 1.70. The lowest BCUT2D eigenvalue weighted by molar-refractivity contribution is -0.143. The van der Waals surface area contributed by atoms with Gasteiger partial charge in [0.15, 0.2) is 11.4 Å². The highest BCUT2D eigenvalue weighted by Crippen LogP contribution is 2.37. The highest BCUT2D eigenvalue weighted by atomic mass is 35.5.